The summed E-state index contributed by atoms with van der Waals surface area (Å²) in [5.74, 6) is 0.139. The van der Waals surface area contributed by atoms with Gasteiger partial charge in [0.1, 0.15) is 5.65 Å². The quantitative estimate of drug-likeness (QED) is 0.599. The number of aromatic nitrogens is 2. The fraction of sp³-hybridized carbons (Fsp3) is 0.0667. The molecule has 1 aliphatic rings. The van der Waals surface area contributed by atoms with E-state index in [0.717, 1.165) is 22.2 Å². The number of carbonyl (C=O) groups is 1. The van der Waals surface area contributed by atoms with Crippen molar-refractivity contribution in [3.63, 3.8) is 0 Å². The maximum atomic E-state index is 11.9. The molecular weight excluding hydrogens is 224 g/mol. The monoisotopic (exact) mass is 234 g/mol. The number of allylic oxidation sites excluding steroid dienone is 1. The van der Waals surface area contributed by atoms with Crippen LogP contribution in [0.4, 0.5) is 0 Å². The molecule has 2 aromatic heterocycles. The molecule has 4 rings (SSSR count). The van der Waals surface area contributed by atoms with Gasteiger partial charge < -0.3 is 4.40 Å². The molecule has 0 aliphatic heterocycles. The molecule has 0 bridgehead atoms. The minimum Gasteiger partial charge on any atom is -0.300 e. The van der Waals surface area contributed by atoms with E-state index in [-0.39, 0.29) is 5.78 Å². The van der Waals surface area contributed by atoms with Gasteiger partial charge in [0.25, 0.3) is 0 Å². The summed E-state index contributed by atoms with van der Waals surface area (Å²) >= 11 is 0. The molecule has 0 amide bonds. The minimum absolute atomic E-state index is 0.139. The Labute approximate surface area is 103 Å². The van der Waals surface area contributed by atoms with Gasteiger partial charge in [-0.15, -0.1) is 0 Å². The van der Waals surface area contributed by atoms with Gasteiger partial charge in [-0.25, -0.2) is 4.98 Å². The van der Waals surface area contributed by atoms with Crippen LogP contribution in [0.3, 0.4) is 0 Å². The molecule has 0 fully saturated rings. The SMILES string of the molecule is O=C1CC=Cc2nc3cc4ccccc4n3cc21. The zero-order chi connectivity index (χ0) is 12.1. The smallest absolute Gasteiger partial charge is 0.170 e. The van der Waals surface area contributed by atoms with E-state index in [1.807, 2.05) is 47.0 Å². The summed E-state index contributed by atoms with van der Waals surface area (Å²) in [5.41, 5.74) is 3.47. The van der Waals surface area contributed by atoms with Crippen molar-refractivity contribution < 1.29 is 4.79 Å². The average Bonchev–Trinajstić information content (AvgIpc) is 2.75. The van der Waals surface area contributed by atoms with E-state index >= 15 is 0 Å². The van der Waals surface area contributed by atoms with Crippen LogP contribution in [0, 0.1) is 0 Å². The summed E-state index contributed by atoms with van der Waals surface area (Å²) in [4.78, 5) is 16.4. The lowest BCUT2D eigenvalue weighted by Crippen LogP contribution is -2.08. The van der Waals surface area contributed by atoms with Crippen LogP contribution < -0.4 is 0 Å². The largest absolute Gasteiger partial charge is 0.300 e. The zero-order valence-corrected chi connectivity index (χ0v) is 9.63. The fourth-order valence-electron chi connectivity index (χ4n) is 2.49. The maximum absolute atomic E-state index is 11.9. The number of Topliss-reactive ketones (excluding diaryl/α,β-unsaturated/α-hetero) is 1. The number of nitrogens with zero attached hydrogens (tertiary/aromatic N) is 2. The van der Waals surface area contributed by atoms with E-state index in [1.165, 1.54) is 0 Å². The number of hydrogen-bond acceptors (Lipinski definition) is 2. The van der Waals surface area contributed by atoms with Crippen molar-refractivity contribution in [1.82, 2.24) is 9.38 Å². The highest BCUT2D eigenvalue weighted by atomic mass is 16.1. The fourth-order valence-corrected chi connectivity index (χ4v) is 2.49. The predicted molar refractivity (Wildman–Crippen MR) is 70.7 cm³/mol. The number of benzene rings is 1. The molecule has 2 heterocycles. The van der Waals surface area contributed by atoms with Crippen molar-refractivity contribution in [2.75, 3.05) is 0 Å². The first kappa shape index (κ1) is 9.59. The van der Waals surface area contributed by atoms with Crippen LogP contribution in [0.2, 0.25) is 0 Å². The molecule has 0 saturated carbocycles. The van der Waals surface area contributed by atoms with Crippen molar-refractivity contribution >= 4 is 28.4 Å². The molecule has 18 heavy (non-hydrogen) atoms. The molecule has 0 N–H and O–H groups in total. The first-order valence-electron chi connectivity index (χ1n) is 5.93. The zero-order valence-electron chi connectivity index (χ0n) is 9.63. The molecule has 0 atom stereocenters. The third-order valence-electron chi connectivity index (χ3n) is 3.38. The second-order valence-corrected chi connectivity index (χ2v) is 4.50. The van der Waals surface area contributed by atoms with Crippen molar-refractivity contribution in [2.45, 2.75) is 6.42 Å². The minimum atomic E-state index is 0.139. The van der Waals surface area contributed by atoms with E-state index in [2.05, 4.69) is 11.1 Å². The first-order chi connectivity index (χ1) is 8.83. The molecule has 1 aliphatic carbocycles. The number of carbonyl (C=O) groups excluding carboxylic acids is 1. The van der Waals surface area contributed by atoms with Gasteiger partial charge in [-0.2, -0.15) is 0 Å². The van der Waals surface area contributed by atoms with Crippen LogP contribution in [0.1, 0.15) is 22.5 Å². The van der Waals surface area contributed by atoms with Crippen molar-refractivity contribution in [1.29, 1.82) is 0 Å². The van der Waals surface area contributed by atoms with Gasteiger partial charge in [-0.3, -0.25) is 4.79 Å². The lowest BCUT2D eigenvalue weighted by molar-refractivity contribution is 0.0993. The Morgan fingerprint density at radius 3 is 3.06 bits per heavy atom. The third kappa shape index (κ3) is 1.19. The second-order valence-electron chi connectivity index (χ2n) is 4.50. The first-order valence-corrected chi connectivity index (χ1v) is 5.93. The van der Waals surface area contributed by atoms with Gasteiger partial charge in [0, 0.05) is 18.0 Å². The normalized spacial score (nSPS) is 14.3. The molecule has 3 heteroatoms. The molecule has 0 saturated heterocycles. The molecule has 0 spiro atoms. The topological polar surface area (TPSA) is 34.4 Å². The summed E-state index contributed by atoms with van der Waals surface area (Å²) < 4.78 is 1.99. The summed E-state index contributed by atoms with van der Waals surface area (Å²) in [6.45, 7) is 0. The van der Waals surface area contributed by atoms with E-state index in [0.29, 0.717) is 12.0 Å². The Balaban J connectivity index is 2.17. The Hall–Kier alpha value is -2.42. The van der Waals surface area contributed by atoms with Crippen LogP contribution >= 0.6 is 0 Å². The van der Waals surface area contributed by atoms with Gasteiger partial charge in [0.2, 0.25) is 0 Å². The highest BCUT2D eigenvalue weighted by Crippen LogP contribution is 2.23. The highest BCUT2D eigenvalue weighted by Gasteiger charge is 2.16. The van der Waals surface area contributed by atoms with Crippen molar-refractivity contribution in [3.8, 4) is 0 Å². The lowest BCUT2D eigenvalue weighted by Gasteiger charge is -2.09. The van der Waals surface area contributed by atoms with Crippen molar-refractivity contribution in [2.24, 2.45) is 0 Å². The molecule has 1 aromatic carbocycles. The Morgan fingerprint density at radius 1 is 1.22 bits per heavy atom. The van der Waals surface area contributed by atoms with E-state index in [9.17, 15) is 4.79 Å². The molecule has 3 aromatic rings. The lowest BCUT2D eigenvalue weighted by atomic mass is 10.0. The number of ketones is 1. The van der Waals surface area contributed by atoms with E-state index in [1.54, 1.807) is 0 Å². The second kappa shape index (κ2) is 3.29. The molecule has 0 unspecified atom stereocenters. The Bertz CT molecular complexity index is 827. The van der Waals surface area contributed by atoms with Crippen LogP contribution in [-0.4, -0.2) is 15.2 Å². The Morgan fingerprint density at radius 2 is 2.11 bits per heavy atom. The molecule has 0 radical (unpaired) electrons. The predicted octanol–water partition coefficient (Wildman–Crippen LogP) is 3.09. The number of hydrogen-bond donors (Lipinski definition) is 0. The number of fused-ring (bicyclic) bond motifs is 4. The molecular formula is C15H10N2O. The average molecular weight is 234 g/mol. The van der Waals surface area contributed by atoms with Gasteiger partial charge in [0.15, 0.2) is 5.78 Å². The van der Waals surface area contributed by atoms with Crippen LogP contribution in [0.15, 0.2) is 42.6 Å². The van der Waals surface area contributed by atoms with Gasteiger partial charge in [-0.05, 0) is 18.2 Å². The van der Waals surface area contributed by atoms with E-state index < -0.39 is 0 Å². The number of rotatable bonds is 0. The standard InChI is InChI=1S/C15H10N2O/c18-14-7-3-5-12-11(14)9-17-13-6-2-1-4-10(13)8-15(17)16-12/h1-6,8-9H,7H2. The van der Waals surface area contributed by atoms with Crippen LogP contribution in [-0.2, 0) is 0 Å². The van der Waals surface area contributed by atoms with E-state index in [4.69, 9.17) is 0 Å². The van der Waals surface area contributed by atoms with Gasteiger partial charge in [-0.1, -0.05) is 24.3 Å². The Kier molecular flexibility index (Phi) is 1.75. The van der Waals surface area contributed by atoms with Gasteiger partial charge in [0.05, 0.1) is 16.8 Å². The maximum Gasteiger partial charge on any atom is 0.170 e. The summed E-state index contributed by atoms with van der Waals surface area (Å²) in [6.07, 6.45) is 6.18. The van der Waals surface area contributed by atoms with Crippen molar-refractivity contribution in [3.05, 3.63) is 53.9 Å². The third-order valence-corrected chi connectivity index (χ3v) is 3.38. The summed E-state index contributed by atoms with van der Waals surface area (Å²) in [7, 11) is 0. The molecule has 3 nitrogen and oxygen atoms in total. The summed E-state index contributed by atoms with van der Waals surface area (Å²) in [5, 5.41) is 1.14. The molecule has 86 valence electrons. The highest BCUT2D eigenvalue weighted by molar-refractivity contribution is 6.02. The van der Waals surface area contributed by atoms with Crippen LogP contribution in [0.25, 0.3) is 22.6 Å². The van der Waals surface area contributed by atoms with Crippen LogP contribution in [0.5, 0.6) is 0 Å². The summed E-state index contributed by atoms with van der Waals surface area (Å²) in [6, 6.07) is 10.1. The number of para-hydroxylation sites is 1. The van der Waals surface area contributed by atoms with Gasteiger partial charge >= 0.3 is 0 Å².